The van der Waals surface area contributed by atoms with Crippen LogP contribution in [-0.2, 0) is 38.9 Å². The van der Waals surface area contributed by atoms with Gasteiger partial charge in [0.2, 0.25) is 0 Å². The van der Waals surface area contributed by atoms with E-state index in [4.69, 9.17) is 8.92 Å². The number of hydrogen-bond donors (Lipinski definition) is 0. The molecule has 2 aromatic rings. The average molecular weight is 306 g/mol. The van der Waals surface area contributed by atoms with Crippen molar-refractivity contribution in [1.82, 2.24) is 0 Å². The predicted molar refractivity (Wildman–Crippen MR) is 81.0 cm³/mol. The molecule has 0 unspecified atom stereocenters. The van der Waals surface area contributed by atoms with Crippen LogP contribution >= 0.6 is 0 Å². The normalized spacial score (nSPS) is 11.5. The van der Waals surface area contributed by atoms with Crippen LogP contribution in [0.25, 0.3) is 0 Å². The van der Waals surface area contributed by atoms with Gasteiger partial charge in [-0.3, -0.25) is 4.18 Å². The van der Waals surface area contributed by atoms with E-state index < -0.39 is 10.1 Å². The third-order valence-corrected chi connectivity index (χ3v) is 3.39. The van der Waals surface area contributed by atoms with E-state index in [1.165, 1.54) is 0 Å². The maximum Gasteiger partial charge on any atom is 0.264 e. The van der Waals surface area contributed by atoms with E-state index >= 15 is 0 Å². The minimum Gasteiger partial charge on any atom is -0.372 e. The van der Waals surface area contributed by atoms with E-state index in [2.05, 4.69) is 0 Å². The Morgan fingerprint density at radius 3 is 1.76 bits per heavy atom. The van der Waals surface area contributed by atoms with Crippen molar-refractivity contribution < 1.29 is 17.3 Å². The van der Waals surface area contributed by atoms with Crippen LogP contribution in [0.3, 0.4) is 0 Å². The Kier molecular flexibility index (Phi) is 5.50. The summed E-state index contributed by atoms with van der Waals surface area (Å²) in [5, 5.41) is 0. The van der Waals surface area contributed by atoms with Gasteiger partial charge in [-0.25, -0.2) is 0 Å². The quantitative estimate of drug-likeness (QED) is 0.738. The lowest BCUT2D eigenvalue weighted by Gasteiger charge is -2.06. The molecule has 0 saturated carbocycles. The van der Waals surface area contributed by atoms with Gasteiger partial charge in [0.05, 0.1) is 26.1 Å². The second kappa shape index (κ2) is 7.36. The smallest absolute Gasteiger partial charge is 0.264 e. The molecule has 0 bridgehead atoms. The largest absolute Gasteiger partial charge is 0.372 e. The first-order chi connectivity index (χ1) is 10.0. The molecule has 2 rings (SSSR count). The highest BCUT2D eigenvalue weighted by Crippen LogP contribution is 2.09. The van der Waals surface area contributed by atoms with Crippen LogP contribution in [-0.4, -0.2) is 14.7 Å². The fourth-order valence-corrected chi connectivity index (χ4v) is 2.12. The minimum atomic E-state index is -3.40. The van der Waals surface area contributed by atoms with Crippen molar-refractivity contribution in [3.05, 3.63) is 71.3 Å². The highest BCUT2D eigenvalue weighted by molar-refractivity contribution is 7.85. The van der Waals surface area contributed by atoms with E-state index in [-0.39, 0.29) is 6.61 Å². The van der Waals surface area contributed by atoms with Gasteiger partial charge in [0.25, 0.3) is 10.1 Å². The predicted octanol–water partition coefficient (Wildman–Crippen LogP) is 2.88. The number of benzene rings is 2. The van der Waals surface area contributed by atoms with E-state index in [1.807, 2.05) is 54.6 Å². The molecule has 5 heteroatoms. The zero-order chi connectivity index (χ0) is 15.1. The lowest BCUT2D eigenvalue weighted by atomic mass is 10.1. The molecule has 0 aromatic heterocycles. The highest BCUT2D eigenvalue weighted by atomic mass is 32.2. The van der Waals surface area contributed by atoms with Gasteiger partial charge in [0.1, 0.15) is 0 Å². The monoisotopic (exact) mass is 306 g/mol. The van der Waals surface area contributed by atoms with Crippen LogP contribution in [0.2, 0.25) is 0 Å². The molecule has 0 saturated heterocycles. The Bertz CT molecular complexity index is 648. The van der Waals surface area contributed by atoms with Crippen molar-refractivity contribution in [1.29, 1.82) is 0 Å². The lowest BCUT2D eigenvalue weighted by Crippen LogP contribution is -2.02. The maximum atomic E-state index is 10.9. The second-order valence-electron chi connectivity index (χ2n) is 4.76. The Balaban J connectivity index is 1.80. The fourth-order valence-electron chi connectivity index (χ4n) is 1.77. The van der Waals surface area contributed by atoms with Gasteiger partial charge in [-0.05, 0) is 16.7 Å². The summed E-state index contributed by atoms with van der Waals surface area (Å²) in [5.74, 6) is 0. The molecule has 0 aliphatic carbocycles. The first-order valence-corrected chi connectivity index (χ1v) is 8.38. The molecule has 0 radical (unpaired) electrons. The van der Waals surface area contributed by atoms with Crippen molar-refractivity contribution in [2.45, 2.75) is 19.8 Å². The summed E-state index contributed by atoms with van der Waals surface area (Å²) in [6.45, 7) is 1.14. The molecule has 21 heavy (non-hydrogen) atoms. The van der Waals surface area contributed by atoms with Crippen LogP contribution in [0.15, 0.2) is 54.6 Å². The summed E-state index contributed by atoms with van der Waals surface area (Å²) < 4.78 is 32.2. The molecule has 0 amide bonds. The van der Waals surface area contributed by atoms with Gasteiger partial charge >= 0.3 is 0 Å². The number of ether oxygens (including phenoxy) is 1. The van der Waals surface area contributed by atoms with Crippen LogP contribution in [0.1, 0.15) is 16.7 Å². The molecule has 4 nitrogen and oxygen atoms in total. The summed E-state index contributed by atoms with van der Waals surface area (Å²) in [6, 6.07) is 17.5. The summed E-state index contributed by atoms with van der Waals surface area (Å²) in [5.41, 5.74) is 2.98. The van der Waals surface area contributed by atoms with Crippen molar-refractivity contribution >= 4 is 10.1 Å². The molecule has 0 aliphatic rings. The van der Waals surface area contributed by atoms with Gasteiger partial charge < -0.3 is 4.74 Å². The number of hydrogen-bond acceptors (Lipinski definition) is 4. The zero-order valence-electron chi connectivity index (χ0n) is 11.9. The van der Waals surface area contributed by atoms with E-state index in [0.29, 0.717) is 13.2 Å². The average Bonchev–Trinajstić information content (AvgIpc) is 2.47. The van der Waals surface area contributed by atoms with Crippen LogP contribution in [0.4, 0.5) is 0 Å². The number of rotatable bonds is 7. The third kappa shape index (κ3) is 6.08. The van der Waals surface area contributed by atoms with Crippen molar-refractivity contribution in [3.63, 3.8) is 0 Å². The second-order valence-corrected chi connectivity index (χ2v) is 6.41. The topological polar surface area (TPSA) is 52.6 Å². The molecule has 0 atom stereocenters. The van der Waals surface area contributed by atoms with E-state index in [0.717, 1.165) is 22.9 Å². The van der Waals surface area contributed by atoms with Crippen LogP contribution in [0, 0.1) is 0 Å². The first-order valence-electron chi connectivity index (χ1n) is 6.57. The Labute approximate surface area is 125 Å². The highest BCUT2D eigenvalue weighted by Gasteiger charge is 2.02. The van der Waals surface area contributed by atoms with Crippen molar-refractivity contribution in [2.75, 3.05) is 6.26 Å². The Morgan fingerprint density at radius 1 is 0.762 bits per heavy atom. The van der Waals surface area contributed by atoms with Gasteiger partial charge in [0, 0.05) is 0 Å². The van der Waals surface area contributed by atoms with Crippen molar-refractivity contribution in [3.8, 4) is 0 Å². The third-order valence-electron chi connectivity index (χ3n) is 2.84. The van der Waals surface area contributed by atoms with Gasteiger partial charge in [-0.1, -0.05) is 54.6 Å². The standard InChI is InChI=1S/C16H18O4S/c1-21(17,18)20-13-16-9-7-15(8-10-16)12-19-11-14-5-3-2-4-6-14/h2-10H,11-13H2,1H3. The van der Waals surface area contributed by atoms with Crippen LogP contribution in [0.5, 0.6) is 0 Å². The fraction of sp³-hybridized carbons (Fsp3) is 0.250. The summed E-state index contributed by atoms with van der Waals surface area (Å²) in [7, 11) is -3.40. The maximum absolute atomic E-state index is 10.9. The molecule has 0 heterocycles. The molecular formula is C16H18O4S. The van der Waals surface area contributed by atoms with E-state index in [1.54, 1.807) is 0 Å². The SMILES string of the molecule is CS(=O)(=O)OCc1ccc(COCc2ccccc2)cc1. The Hall–Kier alpha value is -1.69. The zero-order valence-corrected chi connectivity index (χ0v) is 12.7. The molecule has 0 fully saturated rings. The van der Waals surface area contributed by atoms with Gasteiger partial charge in [-0.2, -0.15) is 8.42 Å². The minimum absolute atomic E-state index is 0.0595. The summed E-state index contributed by atoms with van der Waals surface area (Å²) in [4.78, 5) is 0. The van der Waals surface area contributed by atoms with Crippen LogP contribution < -0.4 is 0 Å². The van der Waals surface area contributed by atoms with Crippen molar-refractivity contribution in [2.24, 2.45) is 0 Å². The first kappa shape index (κ1) is 15.7. The Morgan fingerprint density at radius 2 is 1.24 bits per heavy atom. The van der Waals surface area contributed by atoms with Gasteiger partial charge in [-0.15, -0.1) is 0 Å². The molecule has 0 N–H and O–H groups in total. The molecule has 2 aromatic carbocycles. The molecule has 0 spiro atoms. The van der Waals surface area contributed by atoms with Gasteiger partial charge in [0.15, 0.2) is 0 Å². The van der Waals surface area contributed by atoms with E-state index in [9.17, 15) is 8.42 Å². The lowest BCUT2D eigenvalue weighted by molar-refractivity contribution is 0.107. The summed E-state index contributed by atoms with van der Waals surface area (Å²) >= 11 is 0. The molecular weight excluding hydrogens is 288 g/mol. The summed E-state index contributed by atoms with van der Waals surface area (Å²) in [6.07, 6.45) is 1.04. The molecule has 112 valence electrons. The molecule has 0 aliphatic heterocycles.